The molecule has 0 saturated carbocycles. The summed E-state index contributed by atoms with van der Waals surface area (Å²) in [7, 11) is 1.42. The van der Waals surface area contributed by atoms with Crippen molar-refractivity contribution in [2.75, 3.05) is 13.7 Å². The molecule has 0 saturated heterocycles. The Bertz CT molecular complexity index is 788. The first-order chi connectivity index (χ1) is 12.4. The molecule has 1 unspecified atom stereocenters. The summed E-state index contributed by atoms with van der Waals surface area (Å²) < 4.78 is 24.1. The van der Waals surface area contributed by atoms with E-state index in [1.165, 1.54) is 19.2 Å². The second kappa shape index (κ2) is 8.89. The fourth-order valence-electron chi connectivity index (χ4n) is 2.31. The van der Waals surface area contributed by atoms with Crippen LogP contribution in [0, 0.1) is 5.82 Å². The third-order valence-electron chi connectivity index (χ3n) is 3.67. The van der Waals surface area contributed by atoms with Crippen LogP contribution in [0.25, 0.3) is 0 Å². The van der Waals surface area contributed by atoms with Gasteiger partial charge in [-0.2, -0.15) is 0 Å². The topological polar surface area (TPSA) is 102 Å². The molecule has 2 aromatic rings. The standard InChI is InChI=1S/C18H23FN4O3/c1-4-21-18(22-10-13-6-8-16(26-13)17(20)24)23-11(2)12-5-7-15(25-3)14(19)9-12/h5-9,11H,4,10H2,1-3H3,(H2,20,24)(H2,21,22,23). The van der Waals surface area contributed by atoms with E-state index in [-0.39, 0.29) is 24.1 Å². The van der Waals surface area contributed by atoms with Gasteiger partial charge in [0.15, 0.2) is 23.3 Å². The Morgan fingerprint density at radius 2 is 2.15 bits per heavy atom. The zero-order valence-corrected chi connectivity index (χ0v) is 15.0. The highest BCUT2D eigenvalue weighted by molar-refractivity contribution is 5.89. The number of nitrogens with two attached hydrogens (primary N) is 1. The molecule has 140 valence electrons. The molecule has 1 aromatic heterocycles. The van der Waals surface area contributed by atoms with Crippen molar-refractivity contribution in [3.63, 3.8) is 0 Å². The van der Waals surface area contributed by atoms with Crippen LogP contribution in [0.3, 0.4) is 0 Å². The van der Waals surface area contributed by atoms with Crippen LogP contribution in [-0.2, 0) is 6.54 Å². The van der Waals surface area contributed by atoms with Gasteiger partial charge >= 0.3 is 0 Å². The van der Waals surface area contributed by atoms with Crippen molar-refractivity contribution in [2.45, 2.75) is 26.4 Å². The Balaban J connectivity index is 2.08. The highest BCUT2D eigenvalue weighted by Gasteiger charge is 2.12. The van der Waals surface area contributed by atoms with Crippen molar-refractivity contribution in [3.05, 3.63) is 53.2 Å². The normalized spacial score (nSPS) is 12.5. The molecular formula is C18H23FN4O3. The Morgan fingerprint density at radius 1 is 1.38 bits per heavy atom. The molecule has 0 spiro atoms. The number of carbonyl (C=O) groups is 1. The number of amides is 1. The second-order valence-electron chi connectivity index (χ2n) is 5.59. The lowest BCUT2D eigenvalue weighted by molar-refractivity contribution is 0.0972. The summed E-state index contributed by atoms with van der Waals surface area (Å²) in [5, 5.41) is 6.30. The molecule has 7 nitrogen and oxygen atoms in total. The number of nitrogens with one attached hydrogen (secondary N) is 2. The maximum Gasteiger partial charge on any atom is 0.284 e. The van der Waals surface area contributed by atoms with Crippen molar-refractivity contribution >= 4 is 11.9 Å². The molecule has 0 fully saturated rings. The molecule has 2 rings (SSSR count). The van der Waals surface area contributed by atoms with E-state index in [0.717, 1.165) is 5.56 Å². The Hall–Kier alpha value is -3.03. The maximum absolute atomic E-state index is 13.9. The van der Waals surface area contributed by atoms with Crippen LogP contribution in [0.2, 0.25) is 0 Å². The van der Waals surface area contributed by atoms with E-state index in [4.69, 9.17) is 14.9 Å². The molecular weight excluding hydrogens is 339 g/mol. The minimum Gasteiger partial charge on any atom is -0.494 e. The molecule has 1 atom stereocenters. The average molecular weight is 362 g/mol. The van der Waals surface area contributed by atoms with Gasteiger partial charge in [0.25, 0.3) is 5.91 Å². The number of hydrogen-bond acceptors (Lipinski definition) is 4. The molecule has 26 heavy (non-hydrogen) atoms. The lowest BCUT2D eigenvalue weighted by atomic mass is 10.1. The molecule has 0 aliphatic heterocycles. The molecule has 0 aliphatic rings. The smallest absolute Gasteiger partial charge is 0.284 e. The SMILES string of the molecule is CCNC(=NCc1ccc(C(N)=O)o1)NC(C)c1ccc(OC)c(F)c1. The van der Waals surface area contributed by atoms with Crippen LogP contribution in [0.4, 0.5) is 4.39 Å². The third kappa shape index (κ3) is 4.98. The summed E-state index contributed by atoms with van der Waals surface area (Å²) in [6, 6.07) is 7.76. The summed E-state index contributed by atoms with van der Waals surface area (Å²) in [5.41, 5.74) is 5.91. The number of nitrogens with zero attached hydrogens (tertiary/aromatic N) is 1. The zero-order chi connectivity index (χ0) is 19.1. The summed E-state index contributed by atoms with van der Waals surface area (Å²) >= 11 is 0. The van der Waals surface area contributed by atoms with Gasteiger partial charge in [0.05, 0.1) is 13.2 Å². The van der Waals surface area contributed by atoms with Gasteiger partial charge < -0.3 is 25.5 Å². The number of primary amides is 1. The number of ether oxygens (including phenoxy) is 1. The minimum absolute atomic E-state index is 0.0928. The number of methoxy groups -OCH3 is 1. The highest BCUT2D eigenvalue weighted by Crippen LogP contribution is 2.21. The van der Waals surface area contributed by atoms with Crippen LogP contribution in [0.15, 0.2) is 39.7 Å². The number of aliphatic imine (C=N–C) groups is 1. The molecule has 0 radical (unpaired) electrons. The molecule has 1 heterocycles. The lowest BCUT2D eigenvalue weighted by Gasteiger charge is -2.18. The Labute approximate surface area is 151 Å². The van der Waals surface area contributed by atoms with Gasteiger partial charge in [0, 0.05) is 6.54 Å². The summed E-state index contributed by atoms with van der Waals surface area (Å²) in [5.74, 6) is 0.294. The molecule has 4 N–H and O–H groups in total. The predicted molar refractivity (Wildman–Crippen MR) is 96.5 cm³/mol. The molecule has 0 bridgehead atoms. The fourth-order valence-corrected chi connectivity index (χ4v) is 2.31. The average Bonchev–Trinajstić information content (AvgIpc) is 3.09. The number of guanidine groups is 1. The van der Waals surface area contributed by atoms with E-state index in [1.54, 1.807) is 18.2 Å². The highest BCUT2D eigenvalue weighted by atomic mass is 19.1. The first kappa shape index (κ1) is 19.3. The Kier molecular flexibility index (Phi) is 6.60. The fraction of sp³-hybridized carbons (Fsp3) is 0.333. The van der Waals surface area contributed by atoms with Gasteiger partial charge in [-0.15, -0.1) is 0 Å². The summed E-state index contributed by atoms with van der Waals surface area (Å²) in [6.45, 7) is 4.71. The largest absolute Gasteiger partial charge is 0.494 e. The van der Waals surface area contributed by atoms with E-state index in [2.05, 4.69) is 15.6 Å². The van der Waals surface area contributed by atoms with Gasteiger partial charge in [0.1, 0.15) is 12.3 Å². The lowest BCUT2D eigenvalue weighted by Crippen LogP contribution is -2.38. The van der Waals surface area contributed by atoms with Crippen molar-refractivity contribution < 1.29 is 18.3 Å². The number of benzene rings is 1. The van der Waals surface area contributed by atoms with Gasteiger partial charge in [-0.3, -0.25) is 4.79 Å². The summed E-state index contributed by atoms with van der Waals surface area (Å²) in [6.07, 6.45) is 0. The van der Waals surface area contributed by atoms with E-state index in [1.807, 2.05) is 13.8 Å². The van der Waals surface area contributed by atoms with Crippen molar-refractivity contribution in [2.24, 2.45) is 10.7 Å². The maximum atomic E-state index is 13.9. The first-order valence-corrected chi connectivity index (χ1v) is 8.21. The van der Waals surface area contributed by atoms with E-state index in [9.17, 15) is 9.18 Å². The van der Waals surface area contributed by atoms with E-state index < -0.39 is 11.7 Å². The Morgan fingerprint density at radius 3 is 2.73 bits per heavy atom. The van der Waals surface area contributed by atoms with Gasteiger partial charge in [-0.05, 0) is 43.7 Å². The van der Waals surface area contributed by atoms with Crippen LogP contribution in [0.1, 0.15) is 41.8 Å². The molecule has 1 amide bonds. The second-order valence-corrected chi connectivity index (χ2v) is 5.59. The minimum atomic E-state index is -0.625. The number of rotatable bonds is 7. The quantitative estimate of drug-likeness (QED) is 0.518. The van der Waals surface area contributed by atoms with E-state index >= 15 is 0 Å². The van der Waals surface area contributed by atoms with Crippen molar-refractivity contribution in [1.29, 1.82) is 0 Å². The predicted octanol–water partition coefficient (Wildman–Crippen LogP) is 2.34. The third-order valence-corrected chi connectivity index (χ3v) is 3.67. The van der Waals surface area contributed by atoms with E-state index in [0.29, 0.717) is 18.3 Å². The van der Waals surface area contributed by atoms with Crippen LogP contribution >= 0.6 is 0 Å². The zero-order valence-electron chi connectivity index (χ0n) is 15.0. The van der Waals surface area contributed by atoms with Gasteiger partial charge in [0.2, 0.25) is 0 Å². The number of halogens is 1. The van der Waals surface area contributed by atoms with Crippen molar-refractivity contribution in [1.82, 2.24) is 10.6 Å². The number of furan rings is 1. The molecule has 8 heteroatoms. The van der Waals surface area contributed by atoms with Gasteiger partial charge in [-0.1, -0.05) is 6.07 Å². The first-order valence-electron chi connectivity index (χ1n) is 8.21. The van der Waals surface area contributed by atoms with Crippen LogP contribution < -0.4 is 21.1 Å². The van der Waals surface area contributed by atoms with Crippen molar-refractivity contribution in [3.8, 4) is 5.75 Å². The molecule has 1 aromatic carbocycles. The van der Waals surface area contributed by atoms with Crippen LogP contribution in [0.5, 0.6) is 5.75 Å². The number of hydrogen-bond donors (Lipinski definition) is 3. The number of carbonyl (C=O) groups excluding carboxylic acids is 1. The summed E-state index contributed by atoms with van der Waals surface area (Å²) in [4.78, 5) is 15.5. The molecule has 0 aliphatic carbocycles. The van der Waals surface area contributed by atoms with Crippen LogP contribution in [-0.4, -0.2) is 25.5 Å². The van der Waals surface area contributed by atoms with Gasteiger partial charge in [-0.25, -0.2) is 9.38 Å². The monoisotopic (exact) mass is 362 g/mol.